The Morgan fingerprint density at radius 3 is 2.40 bits per heavy atom. The molecule has 0 aliphatic carbocycles. The highest BCUT2D eigenvalue weighted by atomic mass is 16.5. The summed E-state index contributed by atoms with van der Waals surface area (Å²) >= 11 is 0. The lowest BCUT2D eigenvalue weighted by atomic mass is 10.1. The molecule has 2 N–H and O–H groups in total. The number of carbonyl (C=O) groups is 3. The second-order valence-electron chi connectivity index (χ2n) is 5.51. The van der Waals surface area contributed by atoms with Gasteiger partial charge >= 0.3 is 5.97 Å². The molecular formula is C19H20N2O4. The number of carbonyl (C=O) groups excluding carboxylic acids is 3. The van der Waals surface area contributed by atoms with E-state index in [0.717, 1.165) is 11.1 Å². The Morgan fingerprint density at radius 1 is 1.00 bits per heavy atom. The molecule has 6 heteroatoms. The molecule has 2 aromatic carbocycles. The molecular weight excluding hydrogens is 320 g/mol. The maximum absolute atomic E-state index is 12.0. The SMILES string of the molecule is COC(=O)c1ccc(C)c(NC(=O)CNC(=O)Cc2ccccc2)c1. The zero-order chi connectivity index (χ0) is 18.2. The van der Waals surface area contributed by atoms with Crippen LogP contribution >= 0.6 is 0 Å². The van der Waals surface area contributed by atoms with E-state index in [2.05, 4.69) is 15.4 Å². The number of anilines is 1. The lowest BCUT2D eigenvalue weighted by Gasteiger charge is -2.11. The second-order valence-corrected chi connectivity index (χ2v) is 5.51. The van der Waals surface area contributed by atoms with Gasteiger partial charge in [0.1, 0.15) is 0 Å². The molecule has 0 unspecified atom stereocenters. The van der Waals surface area contributed by atoms with Crippen molar-refractivity contribution >= 4 is 23.5 Å². The minimum absolute atomic E-state index is 0.145. The molecule has 0 saturated heterocycles. The number of ether oxygens (including phenoxy) is 1. The van der Waals surface area contributed by atoms with Gasteiger partial charge in [-0.15, -0.1) is 0 Å². The summed E-state index contributed by atoms with van der Waals surface area (Å²) in [5.74, 6) is -1.08. The van der Waals surface area contributed by atoms with E-state index >= 15 is 0 Å². The Bertz CT molecular complexity index is 772. The van der Waals surface area contributed by atoms with Crippen molar-refractivity contribution in [1.82, 2.24) is 5.32 Å². The smallest absolute Gasteiger partial charge is 0.337 e. The van der Waals surface area contributed by atoms with Crippen LogP contribution in [-0.4, -0.2) is 31.4 Å². The summed E-state index contributed by atoms with van der Waals surface area (Å²) in [7, 11) is 1.29. The van der Waals surface area contributed by atoms with Crippen LogP contribution in [0.2, 0.25) is 0 Å². The third-order valence-electron chi connectivity index (χ3n) is 3.59. The zero-order valence-electron chi connectivity index (χ0n) is 14.2. The number of nitrogens with one attached hydrogen (secondary N) is 2. The number of esters is 1. The molecule has 2 rings (SSSR count). The molecule has 25 heavy (non-hydrogen) atoms. The summed E-state index contributed by atoms with van der Waals surface area (Å²) in [6.45, 7) is 1.66. The van der Waals surface area contributed by atoms with Crippen LogP contribution in [0.1, 0.15) is 21.5 Å². The first-order valence-corrected chi connectivity index (χ1v) is 7.79. The second kappa shape index (κ2) is 8.63. The number of hydrogen-bond donors (Lipinski definition) is 2. The first kappa shape index (κ1) is 18.2. The molecule has 0 aromatic heterocycles. The minimum atomic E-state index is -0.480. The van der Waals surface area contributed by atoms with Gasteiger partial charge in [0.05, 0.1) is 25.6 Å². The topological polar surface area (TPSA) is 84.5 Å². The van der Waals surface area contributed by atoms with Crippen LogP contribution in [-0.2, 0) is 20.7 Å². The molecule has 2 amide bonds. The van der Waals surface area contributed by atoms with Gasteiger partial charge < -0.3 is 15.4 Å². The molecule has 0 radical (unpaired) electrons. The number of rotatable bonds is 6. The molecule has 2 aromatic rings. The van der Waals surface area contributed by atoms with Gasteiger partial charge in [-0.25, -0.2) is 4.79 Å². The van der Waals surface area contributed by atoms with Crippen LogP contribution in [0.3, 0.4) is 0 Å². The minimum Gasteiger partial charge on any atom is -0.465 e. The number of amides is 2. The van der Waals surface area contributed by atoms with Gasteiger partial charge in [-0.1, -0.05) is 36.4 Å². The summed E-state index contributed by atoms with van der Waals surface area (Å²) in [5, 5.41) is 5.26. The fourth-order valence-electron chi connectivity index (χ4n) is 2.22. The molecule has 0 aliphatic rings. The maximum Gasteiger partial charge on any atom is 0.337 e. The number of aryl methyl sites for hydroxylation is 1. The van der Waals surface area contributed by atoms with Crippen LogP contribution in [0.25, 0.3) is 0 Å². The molecule has 0 fully saturated rings. The number of benzene rings is 2. The van der Waals surface area contributed by atoms with Crippen LogP contribution in [0.5, 0.6) is 0 Å². The quantitative estimate of drug-likeness (QED) is 0.789. The van der Waals surface area contributed by atoms with Crippen molar-refractivity contribution < 1.29 is 19.1 Å². The van der Waals surface area contributed by atoms with Crippen LogP contribution in [0.15, 0.2) is 48.5 Å². The van der Waals surface area contributed by atoms with E-state index < -0.39 is 5.97 Å². The molecule has 0 saturated carbocycles. The van der Waals surface area contributed by atoms with Gasteiger partial charge in [-0.05, 0) is 30.2 Å². The summed E-state index contributed by atoms with van der Waals surface area (Å²) in [6, 6.07) is 14.2. The molecule has 0 bridgehead atoms. The lowest BCUT2D eigenvalue weighted by molar-refractivity contribution is -0.123. The summed E-state index contributed by atoms with van der Waals surface area (Å²) < 4.78 is 4.66. The van der Waals surface area contributed by atoms with Crippen LogP contribution < -0.4 is 10.6 Å². The van der Waals surface area contributed by atoms with Crippen molar-refractivity contribution in [3.63, 3.8) is 0 Å². The highest BCUT2D eigenvalue weighted by Crippen LogP contribution is 2.17. The van der Waals surface area contributed by atoms with Gasteiger partial charge in [-0.3, -0.25) is 9.59 Å². The first-order chi connectivity index (χ1) is 12.0. The van der Waals surface area contributed by atoms with E-state index in [1.165, 1.54) is 7.11 Å². The van der Waals surface area contributed by atoms with E-state index in [0.29, 0.717) is 11.3 Å². The monoisotopic (exact) mass is 340 g/mol. The Morgan fingerprint density at radius 2 is 1.72 bits per heavy atom. The Labute approximate surface area is 146 Å². The van der Waals surface area contributed by atoms with Crippen molar-refractivity contribution in [2.24, 2.45) is 0 Å². The van der Waals surface area contributed by atoms with E-state index in [9.17, 15) is 14.4 Å². The maximum atomic E-state index is 12.0. The van der Waals surface area contributed by atoms with Gasteiger partial charge in [0, 0.05) is 5.69 Å². The van der Waals surface area contributed by atoms with Gasteiger partial charge in [0.25, 0.3) is 0 Å². The van der Waals surface area contributed by atoms with Crippen molar-refractivity contribution in [1.29, 1.82) is 0 Å². The van der Waals surface area contributed by atoms with Crippen LogP contribution in [0.4, 0.5) is 5.69 Å². The average molecular weight is 340 g/mol. The molecule has 6 nitrogen and oxygen atoms in total. The van der Waals surface area contributed by atoms with Crippen LogP contribution in [0, 0.1) is 6.92 Å². The van der Waals surface area contributed by atoms with E-state index in [-0.39, 0.29) is 24.8 Å². The third kappa shape index (κ3) is 5.46. The van der Waals surface area contributed by atoms with Crippen molar-refractivity contribution in [2.45, 2.75) is 13.3 Å². The Kier molecular flexibility index (Phi) is 6.28. The Balaban J connectivity index is 1.89. The highest BCUT2D eigenvalue weighted by molar-refractivity contribution is 5.97. The molecule has 0 atom stereocenters. The van der Waals surface area contributed by atoms with E-state index in [1.807, 2.05) is 37.3 Å². The predicted molar refractivity (Wildman–Crippen MR) is 94.3 cm³/mol. The lowest BCUT2D eigenvalue weighted by Crippen LogP contribution is -2.33. The van der Waals surface area contributed by atoms with Crippen molar-refractivity contribution in [3.8, 4) is 0 Å². The molecule has 0 heterocycles. The van der Waals surface area contributed by atoms with E-state index in [4.69, 9.17) is 0 Å². The first-order valence-electron chi connectivity index (χ1n) is 7.79. The molecule has 0 aliphatic heterocycles. The van der Waals surface area contributed by atoms with Crippen molar-refractivity contribution in [2.75, 3.05) is 19.0 Å². The standard InChI is InChI=1S/C19H20N2O4/c1-13-8-9-15(19(24)25-2)11-16(13)21-18(23)12-20-17(22)10-14-6-4-3-5-7-14/h3-9,11H,10,12H2,1-2H3,(H,20,22)(H,21,23). The Hall–Kier alpha value is -3.15. The highest BCUT2D eigenvalue weighted by Gasteiger charge is 2.11. The summed E-state index contributed by atoms with van der Waals surface area (Å²) in [6.07, 6.45) is 0.213. The normalized spacial score (nSPS) is 10.0. The van der Waals surface area contributed by atoms with Gasteiger partial charge in [0.15, 0.2) is 0 Å². The molecule has 0 spiro atoms. The largest absolute Gasteiger partial charge is 0.465 e. The van der Waals surface area contributed by atoms with Crippen molar-refractivity contribution in [3.05, 3.63) is 65.2 Å². The van der Waals surface area contributed by atoms with Gasteiger partial charge in [0.2, 0.25) is 11.8 Å². The average Bonchev–Trinajstić information content (AvgIpc) is 2.62. The third-order valence-corrected chi connectivity index (χ3v) is 3.59. The zero-order valence-corrected chi connectivity index (χ0v) is 14.2. The fraction of sp³-hybridized carbons (Fsp3) is 0.211. The summed E-state index contributed by atoms with van der Waals surface area (Å²) in [5.41, 5.74) is 2.53. The fourth-order valence-corrected chi connectivity index (χ4v) is 2.22. The van der Waals surface area contributed by atoms with E-state index in [1.54, 1.807) is 18.2 Å². The number of methoxy groups -OCH3 is 1. The van der Waals surface area contributed by atoms with Gasteiger partial charge in [-0.2, -0.15) is 0 Å². The summed E-state index contributed by atoms with van der Waals surface area (Å²) in [4.78, 5) is 35.5. The molecule has 130 valence electrons. The predicted octanol–water partition coefficient (Wildman–Crippen LogP) is 2.08. The number of hydrogen-bond acceptors (Lipinski definition) is 4.